The highest BCUT2D eigenvalue weighted by Gasteiger charge is 2.31. The maximum absolute atomic E-state index is 12.3. The number of hydrogen-bond donors (Lipinski definition) is 1. The maximum atomic E-state index is 12.3. The molecule has 1 aliphatic heterocycles. The fourth-order valence-corrected chi connectivity index (χ4v) is 3.89. The van der Waals surface area contributed by atoms with E-state index in [9.17, 15) is 13.2 Å². The van der Waals surface area contributed by atoms with Gasteiger partial charge in [-0.15, -0.1) is 0 Å². The second-order valence-corrected chi connectivity index (χ2v) is 8.46. The Morgan fingerprint density at radius 1 is 1.14 bits per heavy atom. The van der Waals surface area contributed by atoms with Gasteiger partial charge in [0.2, 0.25) is 15.9 Å². The fourth-order valence-electron chi connectivity index (χ4n) is 2.56. The van der Waals surface area contributed by atoms with Gasteiger partial charge in [0.05, 0.1) is 4.90 Å². The van der Waals surface area contributed by atoms with Crippen LogP contribution in [0.5, 0.6) is 0 Å². The Bertz CT molecular complexity index is 613. The summed E-state index contributed by atoms with van der Waals surface area (Å²) in [6.07, 6.45) is 1.29. The molecule has 1 heterocycles. The highest BCUT2D eigenvalue weighted by atomic mass is 32.2. The number of hydrogen-bond acceptors (Lipinski definition) is 3. The lowest BCUT2D eigenvalue weighted by atomic mass is 9.93. The van der Waals surface area contributed by atoms with E-state index in [1.807, 2.05) is 25.7 Å². The summed E-state index contributed by atoms with van der Waals surface area (Å²) in [6, 6.07) is 8.25. The van der Waals surface area contributed by atoms with Crippen molar-refractivity contribution in [3.05, 3.63) is 30.3 Å². The van der Waals surface area contributed by atoms with Crippen LogP contribution < -0.4 is 4.72 Å². The van der Waals surface area contributed by atoms with E-state index in [0.29, 0.717) is 25.9 Å². The molecule has 1 aromatic rings. The SMILES string of the molecule is CC(C)(C)C(=O)N1CCC(NS(=O)(=O)c2ccccc2)CC1. The maximum Gasteiger partial charge on any atom is 0.240 e. The largest absolute Gasteiger partial charge is 0.342 e. The topological polar surface area (TPSA) is 66.5 Å². The summed E-state index contributed by atoms with van der Waals surface area (Å²) in [5.41, 5.74) is -0.392. The lowest BCUT2D eigenvalue weighted by Crippen LogP contribution is -2.49. The van der Waals surface area contributed by atoms with Crippen molar-refractivity contribution >= 4 is 15.9 Å². The number of nitrogens with one attached hydrogen (secondary N) is 1. The van der Waals surface area contributed by atoms with E-state index in [4.69, 9.17) is 0 Å². The van der Waals surface area contributed by atoms with Gasteiger partial charge in [-0.3, -0.25) is 4.79 Å². The van der Waals surface area contributed by atoms with Crippen molar-refractivity contribution in [2.24, 2.45) is 5.41 Å². The van der Waals surface area contributed by atoms with Gasteiger partial charge in [-0.25, -0.2) is 13.1 Å². The predicted octanol–water partition coefficient (Wildman–Crippen LogP) is 2.00. The van der Waals surface area contributed by atoms with Gasteiger partial charge in [-0.05, 0) is 25.0 Å². The van der Waals surface area contributed by atoms with Crippen molar-refractivity contribution < 1.29 is 13.2 Å². The molecule has 1 saturated heterocycles. The number of sulfonamides is 1. The Morgan fingerprint density at radius 2 is 1.68 bits per heavy atom. The first-order chi connectivity index (χ1) is 10.2. The molecular formula is C16H24N2O3S. The monoisotopic (exact) mass is 324 g/mol. The Kier molecular flexibility index (Phi) is 4.92. The van der Waals surface area contributed by atoms with Crippen molar-refractivity contribution in [3.8, 4) is 0 Å². The van der Waals surface area contributed by atoms with Crippen molar-refractivity contribution in [1.82, 2.24) is 9.62 Å². The number of amides is 1. The minimum Gasteiger partial charge on any atom is -0.342 e. The Balaban J connectivity index is 1.95. The third kappa shape index (κ3) is 4.08. The highest BCUT2D eigenvalue weighted by Crippen LogP contribution is 2.21. The van der Waals surface area contributed by atoms with Crippen LogP contribution >= 0.6 is 0 Å². The number of likely N-dealkylation sites (tertiary alicyclic amines) is 1. The smallest absolute Gasteiger partial charge is 0.240 e. The van der Waals surface area contributed by atoms with Gasteiger partial charge in [0.25, 0.3) is 0 Å². The molecule has 0 atom stereocenters. The number of carbonyl (C=O) groups is 1. The molecule has 0 unspecified atom stereocenters. The van der Waals surface area contributed by atoms with E-state index < -0.39 is 15.4 Å². The lowest BCUT2D eigenvalue weighted by molar-refractivity contribution is -0.140. The molecule has 0 spiro atoms. The standard InChI is InChI=1S/C16H24N2O3S/c1-16(2,3)15(19)18-11-9-13(10-12-18)17-22(20,21)14-7-5-4-6-8-14/h4-8,13,17H,9-12H2,1-3H3. The average molecular weight is 324 g/mol. The van der Waals surface area contributed by atoms with Gasteiger partial charge in [-0.1, -0.05) is 39.0 Å². The van der Waals surface area contributed by atoms with Crippen molar-refractivity contribution in [2.75, 3.05) is 13.1 Å². The average Bonchev–Trinajstić information content (AvgIpc) is 2.47. The molecule has 2 rings (SSSR count). The number of benzene rings is 1. The van der Waals surface area contributed by atoms with Gasteiger partial charge in [-0.2, -0.15) is 0 Å². The second-order valence-electron chi connectivity index (χ2n) is 6.75. The van der Waals surface area contributed by atoms with E-state index >= 15 is 0 Å². The number of nitrogens with zero attached hydrogens (tertiary/aromatic N) is 1. The van der Waals surface area contributed by atoms with Crippen LogP contribution in [0.15, 0.2) is 35.2 Å². The molecule has 1 aromatic carbocycles. The van der Waals surface area contributed by atoms with Crippen LogP contribution in [0.2, 0.25) is 0 Å². The van der Waals surface area contributed by atoms with Gasteiger partial charge in [0.1, 0.15) is 0 Å². The summed E-state index contributed by atoms with van der Waals surface area (Å²) in [6.45, 7) is 6.90. The summed E-state index contributed by atoms with van der Waals surface area (Å²) < 4.78 is 27.3. The fraction of sp³-hybridized carbons (Fsp3) is 0.562. The van der Waals surface area contributed by atoms with Gasteiger partial charge >= 0.3 is 0 Å². The first kappa shape index (κ1) is 17.0. The van der Waals surface area contributed by atoms with E-state index in [-0.39, 0.29) is 16.8 Å². The van der Waals surface area contributed by atoms with E-state index in [1.165, 1.54) is 0 Å². The number of carbonyl (C=O) groups excluding carboxylic acids is 1. The van der Waals surface area contributed by atoms with Crippen molar-refractivity contribution in [3.63, 3.8) is 0 Å². The zero-order valence-electron chi connectivity index (χ0n) is 13.4. The quantitative estimate of drug-likeness (QED) is 0.925. The summed E-state index contributed by atoms with van der Waals surface area (Å²) in [5.74, 6) is 0.122. The van der Waals surface area contributed by atoms with E-state index in [1.54, 1.807) is 30.3 Å². The third-order valence-electron chi connectivity index (χ3n) is 3.80. The Labute approximate surface area is 132 Å². The number of rotatable bonds is 3. The van der Waals surface area contributed by atoms with Crippen LogP contribution in [-0.4, -0.2) is 38.4 Å². The molecule has 5 nitrogen and oxygen atoms in total. The van der Waals surface area contributed by atoms with E-state index in [0.717, 1.165) is 0 Å². The molecule has 1 amide bonds. The summed E-state index contributed by atoms with van der Waals surface area (Å²) in [7, 11) is -3.48. The minimum absolute atomic E-state index is 0.116. The van der Waals surface area contributed by atoms with Crippen molar-refractivity contribution in [1.29, 1.82) is 0 Å². The molecule has 0 aliphatic carbocycles. The molecule has 22 heavy (non-hydrogen) atoms. The number of piperidine rings is 1. The van der Waals surface area contributed by atoms with Gasteiger partial charge in [0.15, 0.2) is 0 Å². The summed E-state index contributed by atoms with van der Waals surface area (Å²) in [5, 5.41) is 0. The lowest BCUT2D eigenvalue weighted by Gasteiger charge is -2.35. The second kappa shape index (κ2) is 6.38. The highest BCUT2D eigenvalue weighted by molar-refractivity contribution is 7.89. The molecule has 1 fully saturated rings. The minimum atomic E-state index is -3.48. The molecule has 1 aliphatic rings. The molecule has 0 aromatic heterocycles. The van der Waals surface area contributed by atoms with Crippen LogP contribution in [0.4, 0.5) is 0 Å². The van der Waals surface area contributed by atoms with Crippen LogP contribution in [0.3, 0.4) is 0 Å². The van der Waals surface area contributed by atoms with Crippen LogP contribution in [0.1, 0.15) is 33.6 Å². The van der Waals surface area contributed by atoms with Gasteiger partial charge < -0.3 is 4.90 Å². The van der Waals surface area contributed by atoms with Crippen LogP contribution in [0, 0.1) is 5.41 Å². The normalized spacial score (nSPS) is 17.5. The van der Waals surface area contributed by atoms with Gasteiger partial charge in [0, 0.05) is 24.5 Å². The van der Waals surface area contributed by atoms with E-state index in [2.05, 4.69) is 4.72 Å². The molecule has 6 heteroatoms. The predicted molar refractivity (Wildman–Crippen MR) is 85.8 cm³/mol. The molecule has 122 valence electrons. The summed E-state index contributed by atoms with van der Waals surface area (Å²) >= 11 is 0. The Morgan fingerprint density at radius 3 is 2.18 bits per heavy atom. The Hall–Kier alpha value is -1.40. The van der Waals surface area contributed by atoms with Crippen molar-refractivity contribution in [2.45, 2.75) is 44.6 Å². The summed E-state index contributed by atoms with van der Waals surface area (Å²) in [4.78, 5) is 14.3. The third-order valence-corrected chi connectivity index (χ3v) is 5.34. The van der Waals surface area contributed by atoms with Crippen LogP contribution in [-0.2, 0) is 14.8 Å². The first-order valence-electron chi connectivity index (χ1n) is 7.57. The molecule has 1 N–H and O–H groups in total. The molecular weight excluding hydrogens is 300 g/mol. The molecule has 0 radical (unpaired) electrons. The van der Waals surface area contributed by atoms with Crippen LogP contribution in [0.25, 0.3) is 0 Å². The zero-order valence-corrected chi connectivity index (χ0v) is 14.2. The molecule has 0 saturated carbocycles. The molecule has 0 bridgehead atoms. The first-order valence-corrected chi connectivity index (χ1v) is 9.05. The zero-order chi connectivity index (χ0) is 16.4.